The minimum atomic E-state index is -1.57. The Balaban J connectivity index is 1.93. The van der Waals surface area contributed by atoms with E-state index in [1.807, 2.05) is 0 Å². The Morgan fingerprint density at radius 3 is 2.50 bits per heavy atom. The van der Waals surface area contributed by atoms with E-state index in [0.29, 0.717) is 5.69 Å². The second-order valence-corrected chi connectivity index (χ2v) is 4.67. The number of amidine groups is 1. The number of para-hydroxylation sites is 1. The molecule has 0 bridgehead atoms. The maximum absolute atomic E-state index is 11.6. The second-order valence-electron chi connectivity index (χ2n) is 4.67. The topological polar surface area (TPSA) is 144 Å². The van der Waals surface area contributed by atoms with Crippen LogP contribution in [0, 0.1) is 0 Å². The van der Waals surface area contributed by atoms with Crippen LogP contribution in [0.5, 0.6) is 0 Å². The third kappa shape index (κ3) is 3.71. The Bertz CT molecular complexity index is 538. The summed E-state index contributed by atoms with van der Waals surface area (Å²) in [7, 11) is 0. The number of amides is 1. The van der Waals surface area contributed by atoms with Gasteiger partial charge in [-0.2, -0.15) is 0 Å². The van der Waals surface area contributed by atoms with Gasteiger partial charge in [-0.3, -0.25) is 10.3 Å². The van der Waals surface area contributed by atoms with Crippen LogP contribution in [0.3, 0.4) is 0 Å². The summed E-state index contributed by atoms with van der Waals surface area (Å²) in [6, 6.07) is 7.50. The number of rotatable bonds is 2. The third-order valence-corrected chi connectivity index (χ3v) is 3.11. The SMILES string of the molecule is O=C(Nc1ccccc1)ONC1=N[C@H](CO)[C@@H](O)[C@H](O)[C@H]1O. The van der Waals surface area contributed by atoms with Crippen LogP contribution in [-0.2, 0) is 4.84 Å². The van der Waals surface area contributed by atoms with E-state index >= 15 is 0 Å². The minimum absolute atomic E-state index is 0.264. The lowest BCUT2D eigenvalue weighted by Crippen LogP contribution is -2.56. The Morgan fingerprint density at radius 2 is 1.86 bits per heavy atom. The van der Waals surface area contributed by atoms with Crippen LogP contribution in [0.15, 0.2) is 35.3 Å². The average Bonchev–Trinajstić information content (AvgIpc) is 2.53. The molecule has 0 saturated carbocycles. The molecule has 6 N–H and O–H groups in total. The standard InChI is InChI=1S/C13H17N3O6/c17-6-8-9(18)10(19)11(20)12(15-8)16-22-13(21)14-7-4-2-1-3-5-7/h1-5,8-11,17-20H,6H2,(H,14,21)(H,15,16)/t8-,9-,10+,11-/m1/s1. The predicted octanol–water partition coefficient (Wildman–Crippen LogP) is -1.40. The summed E-state index contributed by atoms with van der Waals surface area (Å²) in [5.74, 6) is -0.264. The van der Waals surface area contributed by atoms with Crippen molar-refractivity contribution < 1.29 is 30.1 Å². The van der Waals surface area contributed by atoms with E-state index in [0.717, 1.165) is 0 Å². The van der Waals surface area contributed by atoms with Crippen LogP contribution in [0.2, 0.25) is 0 Å². The quantitative estimate of drug-likeness (QED) is 0.368. The molecule has 1 aliphatic rings. The number of aliphatic hydroxyl groups is 4. The number of carbonyl (C=O) groups excluding carboxylic acids is 1. The Hall–Kier alpha value is -2.20. The van der Waals surface area contributed by atoms with Gasteiger partial charge in [-0.15, -0.1) is 0 Å². The highest BCUT2D eigenvalue weighted by Crippen LogP contribution is 2.15. The molecule has 0 aliphatic carbocycles. The van der Waals surface area contributed by atoms with Crippen LogP contribution < -0.4 is 10.8 Å². The first kappa shape index (κ1) is 16.2. The minimum Gasteiger partial charge on any atom is -0.394 e. The van der Waals surface area contributed by atoms with Crippen molar-refractivity contribution in [2.45, 2.75) is 24.4 Å². The van der Waals surface area contributed by atoms with Crippen LogP contribution in [0.25, 0.3) is 0 Å². The number of hydroxylamine groups is 1. The fourth-order valence-corrected chi connectivity index (χ4v) is 1.91. The van der Waals surface area contributed by atoms with Gasteiger partial charge < -0.3 is 25.3 Å². The van der Waals surface area contributed by atoms with Crippen molar-refractivity contribution in [3.63, 3.8) is 0 Å². The molecule has 0 aromatic heterocycles. The average molecular weight is 311 g/mol. The number of hydrogen-bond acceptors (Lipinski definition) is 8. The van der Waals surface area contributed by atoms with E-state index in [1.54, 1.807) is 30.3 Å². The summed E-state index contributed by atoms with van der Waals surface area (Å²) in [6.07, 6.45) is -5.40. The number of aliphatic hydroxyl groups excluding tert-OH is 4. The van der Waals surface area contributed by atoms with E-state index in [1.165, 1.54) is 0 Å². The van der Waals surface area contributed by atoms with Gasteiger partial charge in [-0.05, 0) is 12.1 Å². The fraction of sp³-hybridized carbons (Fsp3) is 0.385. The van der Waals surface area contributed by atoms with Gasteiger partial charge in [-0.1, -0.05) is 18.2 Å². The largest absolute Gasteiger partial charge is 0.435 e. The van der Waals surface area contributed by atoms with E-state index in [9.17, 15) is 20.1 Å². The molecule has 22 heavy (non-hydrogen) atoms. The molecule has 0 unspecified atom stereocenters. The molecule has 1 heterocycles. The zero-order valence-corrected chi connectivity index (χ0v) is 11.5. The first-order chi connectivity index (χ1) is 10.5. The maximum Gasteiger partial charge on any atom is 0.435 e. The fourth-order valence-electron chi connectivity index (χ4n) is 1.91. The molecule has 9 heteroatoms. The third-order valence-electron chi connectivity index (χ3n) is 3.11. The number of hydrogen-bond donors (Lipinski definition) is 6. The van der Waals surface area contributed by atoms with Crippen molar-refractivity contribution in [1.29, 1.82) is 0 Å². The molecule has 0 spiro atoms. The van der Waals surface area contributed by atoms with Gasteiger partial charge in [0.05, 0.1) is 6.61 Å². The number of carbonyl (C=O) groups is 1. The first-order valence-electron chi connectivity index (χ1n) is 6.54. The molecule has 0 fully saturated rings. The van der Waals surface area contributed by atoms with Gasteiger partial charge in [0.1, 0.15) is 24.4 Å². The highest BCUT2D eigenvalue weighted by atomic mass is 16.7. The van der Waals surface area contributed by atoms with Crippen molar-refractivity contribution in [3.8, 4) is 0 Å². The van der Waals surface area contributed by atoms with E-state index in [-0.39, 0.29) is 5.84 Å². The Labute approximate surface area is 125 Å². The normalized spacial score (nSPS) is 27.7. The molecule has 2 rings (SSSR count). The molecule has 4 atom stereocenters. The van der Waals surface area contributed by atoms with Crippen molar-refractivity contribution in [3.05, 3.63) is 30.3 Å². The smallest absolute Gasteiger partial charge is 0.394 e. The summed E-state index contributed by atoms with van der Waals surface area (Å²) in [6.45, 7) is -0.535. The number of nitrogens with one attached hydrogen (secondary N) is 2. The Kier molecular flexibility index (Phi) is 5.28. The zero-order chi connectivity index (χ0) is 16.1. The zero-order valence-electron chi connectivity index (χ0n) is 11.5. The van der Waals surface area contributed by atoms with Crippen LogP contribution in [0.1, 0.15) is 0 Å². The number of aliphatic imine (C=N–C) groups is 1. The second kappa shape index (κ2) is 7.18. The highest BCUT2D eigenvalue weighted by molar-refractivity contribution is 5.90. The molecule has 1 amide bonds. The van der Waals surface area contributed by atoms with Crippen molar-refractivity contribution >= 4 is 17.6 Å². The number of anilines is 1. The lowest BCUT2D eigenvalue weighted by molar-refractivity contribution is -0.0624. The van der Waals surface area contributed by atoms with Gasteiger partial charge >= 0.3 is 6.09 Å². The van der Waals surface area contributed by atoms with Crippen LogP contribution in [-0.4, -0.2) is 63.3 Å². The van der Waals surface area contributed by atoms with Gasteiger partial charge in [0.15, 0.2) is 5.84 Å². The molecule has 120 valence electrons. The number of nitrogens with zero attached hydrogens (tertiary/aromatic N) is 1. The first-order valence-corrected chi connectivity index (χ1v) is 6.54. The van der Waals surface area contributed by atoms with Gasteiger partial charge in [0.2, 0.25) is 0 Å². The molecule has 0 radical (unpaired) electrons. The number of benzene rings is 1. The van der Waals surface area contributed by atoms with Crippen molar-refractivity contribution in [2.75, 3.05) is 11.9 Å². The monoisotopic (exact) mass is 311 g/mol. The lowest BCUT2D eigenvalue weighted by Gasteiger charge is -2.32. The summed E-state index contributed by atoms with van der Waals surface area (Å²) in [5, 5.41) is 40.4. The molecule has 0 saturated heterocycles. The van der Waals surface area contributed by atoms with Gasteiger partial charge in [0.25, 0.3) is 0 Å². The summed E-state index contributed by atoms with van der Waals surface area (Å²) >= 11 is 0. The summed E-state index contributed by atoms with van der Waals surface area (Å²) in [5.41, 5.74) is 2.62. The molecular weight excluding hydrogens is 294 g/mol. The van der Waals surface area contributed by atoms with Gasteiger partial charge in [-0.25, -0.2) is 10.3 Å². The van der Waals surface area contributed by atoms with Crippen molar-refractivity contribution in [2.24, 2.45) is 4.99 Å². The molecule has 1 aromatic carbocycles. The summed E-state index contributed by atoms with van der Waals surface area (Å²) in [4.78, 5) is 20.0. The van der Waals surface area contributed by atoms with Crippen LogP contribution >= 0.6 is 0 Å². The highest BCUT2D eigenvalue weighted by Gasteiger charge is 2.39. The van der Waals surface area contributed by atoms with E-state index in [2.05, 4.69) is 20.6 Å². The maximum atomic E-state index is 11.6. The van der Waals surface area contributed by atoms with E-state index in [4.69, 9.17) is 5.11 Å². The van der Waals surface area contributed by atoms with Crippen LogP contribution in [0.4, 0.5) is 10.5 Å². The van der Waals surface area contributed by atoms with Gasteiger partial charge in [0, 0.05) is 5.69 Å². The van der Waals surface area contributed by atoms with E-state index < -0.39 is 37.1 Å². The lowest BCUT2D eigenvalue weighted by atomic mass is 9.97. The predicted molar refractivity (Wildman–Crippen MR) is 76.0 cm³/mol. The molecule has 9 nitrogen and oxygen atoms in total. The molecular formula is C13H17N3O6. The summed E-state index contributed by atoms with van der Waals surface area (Å²) < 4.78 is 0. The van der Waals surface area contributed by atoms with Crippen molar-refractivity contribution in [1.82, 2.24) is 5.48 Å². The molecule has 1 aliphatic heterocycles. The Morgan fingerprint density at radius 1 is 1.18 bits per heavy atom. The molecule has 1 aromatic rings.